The molecule has 1 atom stereocenters. The normalized spacial score (nSPS) is 14.2. The Bertz CT molecular complexity index is 701. The lowest BCUT2D eigenvalue weighted by atomic mass is 9.95. The minimum Gasteiger partial charge on any atom is -0.486 e. The summed E-state index contributed by atoms with van der Waals surface area (Å²) in [7, 11) is 0. The van der Waals surface area contributed by atoms with E-state index in [-0.39, 0.29) is 18.0 Å². The fourth-order valence-corrected chi connectivity index (χ4v) is 3.54. The van der Waals surface area contributed by atoms with Crippen LogP contribution in [0, 0.1) is 5.92 Å². The van der Waals surface area contributed by atoms with Crippen LogP contribution in [-0.2, 0) is 6.42 Å². The van der Waals surface area contributed by atoms with E-state index in [9.17, 15) is 4.79 Å². The summed E-state index contributed by atoms with van der Waals surface area (Å²) in [6, 6.07) is 9.74. The number of hydrogen-bond donors (Lipinski definition) is 2. The predicted molar refractivity (Wildman–Crippen MR) is 99.6 cm³/mol. The van der Waals surface area contributed by atoms with Gasteiger partial charge in [-0.2, -0.15) is 0 Å². The van der Waals surface area contributed by atoms with Crippen LogP contribution in [0.3, 0.4) is 0 Å². The first-order valence-corrected chi connectivity index (χ1v) is 9.48. The number of benzene rings is 1. The molecule has 0 aliphatic carbocycles. The average molecular weight is 360 g/mol. The zero-order valence-electron chi connectivity index (χ0n) is 14.6. The number of hydrogen-bond acceptors (Lipinski definition) is 4. The van der Waals surface area contributed by atoms with Crippen molar-refractivity contribution < 1.29 is 14.3 Å². The molecule has 2 aromatic rings. The van der Waals surface area contributed by atoms with Crippen LogP contribution in [0.15, 0.2) is 35.7 Å². The van der Waals surface area contributed by atoms with E-state index in [0.717, 1.165) is 23.5 Å². The number of nitrogens with one attached hydrogen (secondary N) is 2. The van der Waals surface area contributed by atoms with Crippen molar-refractivity contribution in [2.24, 2.45) is 5.92 Å². The van der Waals surface area contributed by atoms with E-state index >= 15 is 0 Å². The van der Waals surface area contributed by atoms with Crippen LogP contribution >= 0.6 is 11.3 Å². The van der Waals surface area contributed by atoms with Gasteiger partial charge in [0.25, 0.3) is 0 Å². The maximum atomic E-state index is 12.3. The highest BCUT2D eigenvalue weighted by atomic mass is 32.1. The fourth-order valence-electron chi connectivity index (χ4n) is 2.83. The number of thiophene rings is 1. The van der Waals surface area contributed by atoms with E-state index in [1.165, 1.54) is 4.88 Å². The number of fused-ring (bicyclic) bond motifs is 1. The molecule has 5 nitrogen and oxygen atoms in total. The summed E-state index contributed by atoms with van der Waals surface area (Å²) in [5.41, 5.74) is 1.02. The number of carbonyl (C=O) groups is 1. The van der Waals surface area contributed by atoms with Gasteiger partial charge < -0.3 is 20.1 Å². The second kappa shape index (κ2) is 8.25. The van der Waals surface area contributed by atoms with E-state index in [2.05, 4.69) is 30.5 Å². The molecule has 0 spiro atoms. The van der Waals surface area contributed by atoms with Crippen molar-refractivity contribution in [1.82, 2.24) is 10.6 Å². The summed E-state index contributed by atoms with van der Waals surface area (Å²) in [5.74, 6) is 1.76. The summed E-state index contributed by atoms with van der Waals surface area (Å²) in [5, 5.41) is 8.06. The molecule has 1 aromatic heterocycles. The second-order valence-corrected chi connectivity index (χ2v) is 7.39. The molecule has 25 heavy (non-hydrogen) atoms. The Morgan fingerprint density at radius 3 is 2.72 bits per heavy atom. The van der Waals surface area contributed by atoms with Crippen molar-refractivity contribution in [3.63, 3.8) is 0 Å². The van der Waals surface area contributed by atoms with Gasteiger partial charge in [-0.25, -0.2) is 4.79 Å². The van der Waals surface area contributed by atoms with Crippen molar-refractivity contribution in [2.75, 3.05) is 19.8 Å². The van der Waals surface area contributed by atoms with Gasteiger partial charge in [-0.15, -0.1) is 11.3 Å². The van der Waals surface area contributed by atoms with Crippen LogP contribution in [0.5, 0.6) is 11.5 Å². The predicted octanol–water partition coefficient (Wildman–Crippen LogP) is 3.76. The summed E-state index contributed by atoms with van der Waals surface area (Å²) >= 11 is 1.71. The lowest BCUT2D eigenvalue weighted by molar-refractivity contribution is 0.171. The molecule has 2 N–H and O–H groups in total. The van der Waals surface area contributed by atoms with E-state index in [0.29, 0.717) is 19.8 Å². The largest absolute Gasteiger partial charge is 0.486 e. The summed E-state index contributed by atoms with van der Waals surface area (Å²) < 4.78 is 11.2. The Morgan fingerprint density at radius 1 is 1.20 bits per heavy atom. The van der Waals surface area contributed by atoms with Gasteiger partial charge >= 0.3 is 6.03 Å². The Kier molecular flexibility index (Phi) is 5.81. The van der Waals surface area contributed by atoms with Crippen molar-refractivity contribution in [1.29, 1.82) is 0 Å². The van der Waals surface area contributed by atoms with Crippen molar-refractivity contribution in [3.8, 4) is 11.5 Å². The zero-order valence-corrected chi connectivity index (χ0v) is 15.4. The lowest BCUT2D eigenvalue weighted by Crippen LogP contribution is -2.40. The molecule has 0 unspecified atom stereocenters. The minimum absolute atomic E-state index is 0.0856. The highest BCUT2D eigenvalue weighted by molar-refractivity contribution is 7.09. The van der Waals surface area contributed by atoms with Gasteiger partial charge in [0.2, 0.25) is 0 Å². The van der Waals surface area contributed by atoms with Crippen LogP contribution in [0.2, 0.25) is 0 Å². The average Bonchev–Trinajstić information content (AvgIpc) is 3.12. The quantitative estimate of drug-likeness (QED) is 0.825. The molecule has 3 rings (SSSR count). The first kappa shape index (κ1) is 17.6. The monoisotopic (exact) mass is 360 g/mol. The molecule has 134 valence electrons. The molecule has 0 radical (unpaired) electrons. The molecule has 0 saturated carbocycles. The summed E-state index contributed by atoms with van der Waals surface area (Å²) in [6.07, 6.45) is 0.849. The molecule has 1 aromatic carbocycles. The first-order valence-electron chi connectivity index (χ1n) is 8.60. The molecule has 6 heteroatoms. The van der Waals surface area contributed by atoms with Crippen LogP contribution in [0.25, 0.3) is 0 Å². The molecule has 0 fully saturated rings. The Labute approximate surface area is 152 Å². The fraction of sp³-hybridized carbons (Fsp3) is 0.421. The highest BCUT2D eigenvalue weighted by Crippen LogP contribution is 2.34. The first-order chi connectivity index (χ1) is 12.1. The lowest BCUT2D eigenvalue weighted by Gasteiger charge is -2.25. The van der Waals surface area contributed by atoms with Gasteiger partial charge in [-0.1, -0.05) is 26.0 Å². The third-order valence-corrected chi connectivity index (χ3v) is 5.05. The maximum absolute atomic E-state index is 12.3. The maximum Gasteiger partial charge on any atom is 0.315 e. The van der Waals surface area contributed by atoms with Gasteiger partial charge in [0.15, 0.2) is 11.5 Å². The summed E-state index contributed by atoms with van der Waals surface area (Å²) in [4.78, 5) is 13.5. The SMILES string of the molecule is CC(C)[C@H](NC(=O)NCCc1cccs1)c1ccc2c(c1)OCCO2. The van der Waals surface area contributed by atoms with E-state index in [4.69, 9.17) is 9.47 Å². The smallest absolute Gasteiger partial charge is 0.315 e. The number of amides is 2. The Morgan fingerprint density at radius 2 is 2.00 bits per heavy atom. The molecule has 0 saturated heterocycles. The zero-order chi connectivity index (χ0) is 17.6. The third-order valence-electron chi connectivity index (χ3n) is 4.12. The van der Waals surface area contributed by atoms with Gasteiger partial charge in [-0.05, 0) is 41.5 Å². The van der Waals surface area contributed by atoms with Crippen LogP contribution < -0.4 is 20.1 Å². The Hall–Kier alpha value is -2.21. The molecule has 2 heterocycles. The number of ether oxygens (including phenoxy) is 2. The molecule has 2 amide bonds. The summed E-state index contributed by atoms with van der Waals surface area (Å²) in [6.45, 7) is 5.93. The van der Waals surface area contributed by atoms with Gasteiger partial charge in [-0.3, -0.25) is 0 Å². The number of carbonyl (C=O) groups excluding carboxylic acids is 1. The molecule has 1 aliphatic heterocycles. The van der Waals surface area contributed by atoms with Crippen molar-refractivity contribution >= 4 is 17.4 Å². The van der Waals surface area contributed by atoms with Crippen LogP contribution in [-0.4, -0.2) is 25.8 Å². The minimum atomic E-state index is -0.148. The molecular formula is C19H24N2O3S. The van der Waals surface area contributed by atoms with Crippen molar-refractivity contribution in [3.05, 3.63) is 46.2 Å². The second-order valence-electron chi connectivity index (χ2n) is 6.35. The van der Waals surface area contributed by atoms with Gasteiger partial charge in [0.1, 0.15) is 13.2 Å². The number of urea groups is 1. The standard InChI is InChI=1S/C19H24N2O3S/c1-13(2)18(14-5-6-16-17(12-14)24-10-9-23-16)21-19(22)20-8-7-15-4-3-11-25-15/h3-6,11-13,18H,7-10H2,1-2H3,(H2,20,21,22)/t18-/m0/s1. The van der Waals surface area contributed by atoms with Gasteiger partial charge in [0.05, 0.1) is 6.04 Å². The van der Waals surface area contributed by atoms with Gasteiger partial charge in [0, 0.05) is 11.4 Å². The molecule has 0 bridgehead atoms. The van der Waals surface area contributed by atoms with E-state index in [1.807, 2.05) is 29.6 Å². The van der Waals surface area contributed by atoms with E-state index in [1.54, 1.807) is 11.3 Å². The Balaban J connectivity index is 1.59. The third kappa shape index (κ3) is 4.66. The molecular weight excluding hydrogens is 336 g/mol. The van der Waals surface area contributed by atoms with Crippen LogP contribution in [0.1, 0.15) is 30.3 Å². The van der Waals surface area contributed by atoms with Crippen molar-refractivity contribution in [2.45, 2.75) is 26.3 Å². The highest BCUT2D eigenvalue weighted by Gasteiger charge is 2.21. The van der Waals surface area contributed by atoms with Crippen LogP contribution in [0.4, 0.5) is 4.79 Å². The topological polar surface area (TPSA) is 59.6 Å². The molecule has 1 aliphatic rings. The number of rotatable bonds is 6. The van der Waals surface area contributed by atoms with E-state index < -0.39 is 0 Å².